The first-order chi connectivity index (χ1) is 19.8. The minimum atomic E-state index is 0.465. The van der Waals surface area contributed by atoms with Crippen molar-refractivity contribution in [2.45, 2.75) is 0 Å². The lowest BCUT2D eigenvalue weighted by Crippen LogP contribution is -2.04. The standard InChI is InChI=1S/C37H26N2O/c1-25-15-5-4-14-24-40-37-32(25)35-33(28-20-10-12-22-30(28)38(35)26-16-6-2-7-17-26)34-29-21-11-13-23-31(29)39(36(34)37)27-18-8-3-9-19-27/h2-23H,1,24H2/b14-4-,15-5-. The Labute approximate surface area is 232 Å². The van der Waals surface area contributed by atoms with E-state index >= 15 is 0 Å². The van der Waals surface area contributed by atoms with Gasteiger partial charge in [0.2, 0.25) is 0 Å². The van der Waals surface area contributed by atoms with E-state index in [1.807, 2.05) is 6.08 Å². The summed E-state index contributed by atoms with van der Waals surface area (Å²) in [6.07, 6.45) is 8.24. The lowest BCUT2D eigenvalue weighted by Gasteiger charge is -2.19. The Bertz CT molecular complexity index is 2160. The summed E-state index contributed by atoms with van der Waals surface area (Å²) in [6, 6.07) is 38.6. The van der Waals surface area contributed by atoms with E-state index in [0.29, 0.717) is 6.61 Å². The molecule has 0 aliphatic carbocycles. The highest BCUT2D eigenvalue weighted by Gasteiger charge is 2.28. The second kappa shape index (κ2) is 8.89. The van der Waals surface area contributed by atoms with Crippen LogP contribution in [-0.2, 0) is 0 Å². The normalized spacial score (nSPS) is 15.1. The molecule has 3 heteroatoms. The van der Waals surface area contributed by atoms with Gasteiger partial charge in [-0.25, -0.2) is 0 Å². The summed E-state index contributed by atoms with van der Waals surface area (Å²) in [5.41, 5.74) is 8.62. The van der Waals surface area contributed by atoms with E-state index in [4.69, 9.17) is 4.74 Å². The molecule has 0 bridgehead atoms. The van der Waals surface area contributed by atoms with Gasteiger partial charge in [-0.05, 0) is 48.0 Å². The molecule has 1 aliphatic rings. The Hall–Kier alpha value is -5.28. The zero-order valence-electron chi connectivity index (χ0n) is 21.9. The largest absolute Gasteiger partial charge is 0.487 e. The molecule has 0 spiro atoms. The molecule has 190 valence electrons. The van der Waals surface area contributed by atoms with Crippen LogP contribution in [0.15, 0.2) is 140 Å². The van der Waals surface area contributed by atoms with Crippen molar-refractivity contribution < 1.29 is 4.74 Å². The summed E-state index contributed by atoms with van der Waals surface area (Å²) in [4.78, 5) is 0. The second-order valence-electron chi connectivity index (χ2n) is 10.2. The van der Waals surface area contributed by atoms with E-state index in [2.05, 4.69) is 143 Å². The van der Waals surface area contributed by atoms with Gasteiger partial charge in [-0.2, -0.15) is 0 Å². The van der Waals surface area contributed by atoms with Crippen molar-refractivity contribution in [3.63, 3.8) is 0 Å². The minimum absolute atomic E-state index is 0.465. The highest BCUT2D eigenvalue weighted by atomic mass is 16.5. The van der Waals surface area contributed by atoms with E-state index in [1.165, 1.54) is 21.5 Å². The van der Waals surface area contributed by atoms with Crippen LogP contribution in [0, 0.1) is 0 Å². The molecule has 0 atom stereocenters. The molecule has 0 amide bonds. The predicted molar refractivity (Wildman–Crippen MR) is 168 cm³/mol. The number of ether oxygens (including phenoxy) is 1. The number of nitrogens with zero attached hydrogens (tertiary/aromatic N) is 2. The fourth-order valence-electron chi connectivity index (χ4n) is 6.31. The summed E-state index contributed by atoms with van der Waals surface area (Å²) in [5, 5.41) is 4.81. The lowest BCUT2D eigenvalue weighted by atomic mass is 9.96. The number of allylic oxidation sites excluding steroid dienone is 4. The summed E-state index contributed by atoms with van der Waals surface area (Å²) in [6.45, 7) is 5.06. The average molecular weight is 515 g/mol. The third-order valence-electron chi connectivity index (χ3n) is 7.90. The molecular weight excluding hydrogens is 488 g/mol. The number of aromatic nitrogens is 2. The van der Waals surface area contributed by atoms with Crippen LogP contribution in [0.3, 0.4) is 0 Å². The topological polar surface area (TPSA) is 19.1 Å². The predicted octanol–water partition coefficient (Wildman–Crippen LogP) is 9.40. The molecule has 7 aromatic rings. The molecule has 1 aliphatic heterocycles. The molecule has 2 aromatic heterocycles. The summed E-state index contributed by atoms with van der Waals surface area (Å²) in [5.74, 6) is 0.851. The molecule has 40 heavy (non-hydrogen) atoms. The van der Waals surface area contributed by atoms with E-state index < -0.39 is 0 Å². The molecule has 3 heterocycles. The first kappa shape index (κ1) is 22.7. The number of hydrogen-bond acceptors (Lipinski definition) is 1. The van der Waals surface area contributed by atoms with E-state index in [0.717, 1.165) is 50.3 Å². The van der Waals surface area contributed by atoms with Crippen LogP contribution in [0.5, 0.6) is 5.75 Å². The average Bonchev–Trinajstić information content (AvgIpc) is 3.55. The fourth-order valence-corrected chi connectivity index (χ4v) is 6.31. The third kappa shape index (κ3) is 3.18. The van der Waals surface area contributed by atoms with Gasteiger partial charge >= 0.3 is 0 Å². The zero-order valence-corrected chi connectivity index (χ0v) is 21.9. The highest BCUT2D eigenvalue weighted by molar-refractivity contribution is 6.32. The Morgan fingerprint density at radius 1 is 0.575 bits per heavy atom. The van der Waals surface area contributed by atoms with Crippen molar-refractivity contribution in [1.29, 1.82) is 0 Å². The van der Waals surface area contributed by atoms with Crippen LogP contribution in [0.1, 0.15) is 5.56 Å². The van der Waals surface area contributed by atoms with Crippen LogP contribution in [-0.4, -0.2) is 15.7 Å². The van der Waals surface area contributed by atoms with Gasteiger partial charge in [-0.3, -0.25) is 0 Å². The Balaban J connectivity index is 1.73. The number of hydrogen-bond donors (Lipinski definition) is 0. The van der Waals surface area contributed by atoms with Crippen molar-refractivity contribution in [3.05, 3.63) is 146 Å². The van der Waals surface area contributed by atoms with Crippen molar-refractivity contribution in [2.75, 3.05) is 6.61 Å². The minimum Gasteiger partial charge on any atom is -0.487 e. The van der Waals surface area contributed by atoms with Gasteiger partial charge in [0.05, 0.1) is 27.6 Å². The zero-order chi connectivity index (χ0) is 26.6. The van der Waals surface area contributed by atoms with E-state index in [1.54, 1.807) is 0 Å². The maximum atomic E-state index is 6.76. The molecule has 5 aromatic carbocycles. The fraction of sp³-hybridized carbons (Fsp3) is 0.0270. The third-order valence-corrected chi connectivity index (χ3v) is 7.90. The van der Waals surface area contributed by atoms with Gasteiger partial charge in [0.15, 0.2) is 5.75 Å². The van der Waals surface area contributed by atoms with E-state index in [-0.39, 0.29) is 0 Å². The molecule has 0 saturated heterocycles. The van der Waals surface area contributed by atoms with Gasteiger partial charge in [0.1, 0.15) is 6.61 Å². The van der Waals surface area contributed by atoms with Crippen LogP contribution in [0.25, 0.3) is 60.6 Å². The summed E-state index contributed by atoms with van der Waals surface area (Å²) < 4.78 is 11.5. The van der Waals surface area contributed by atoms with Crippen molar-refractivity contribution in [3.8, 4) is 17.1 Å². The number of rotatable bonds is 2. The summed E-state index contributed by atoms with van der Waals surface area (Å²) >= 11 is 0. The highest BCUT2D eigenvalue weighted by Crippen LogP contribution is 2.50. The molecule has 0 saturated carbocycles. The SMILES string of the molecule is C=C1/C=C\C=C/COc2c1c1c(c3ccccc3n1-c1ccccc1)c1c3ccccc3n(-c3ccccc3)c21. The lowest BCUT2D eigenvalue weighted by molar-refractivity contribution is 0.366. The molecule has 3 nitrogen and oxygen atoms in total. The molecule has 0 fully saturated rings. The smallest absolute Gasteiger partial charge is 0.154 e. The number of fused-ring (bicyclic) bond motifs is 10. The maximum Gasteiger partial charge on any atom is 0.154 e. The van der Waals surface area contributed by atoms with Crippen molar-refractivity contribution >= 4 is 49.2 Å². The maximum absolute atomic E-state index is 6.76. The molecule has 0 unspecified atom stereocenters. The number of para-hydroxylation sites is 4. The van der Waals surface area contributed by atoms with Gasteiger partial charge in [0.25, 0.3) is 0 Å². The summed E-state index contributed by atoms with van der Waals surface area (Å²) in [7, 11) is 0. The first-order valence-corrected chi connectivity index (χ1v) is 13.6. The van der Waals surface area contributed by atoms with Gasteiger partial charge in [0, 0.05) is 32.9 Å². The Kier molecular flexibility index (Phi) is 5.04. The molecular formula is C37H26N2O. The van der Waals surface area contributed by atoms with Crippen LogP contribution >= 0.6 is 0 Å². The van der Waals surface area contributed by atoms with Gasteiger partial charge in [-0.1, -0.05) is 97.6 Å². The Morgan fingerprint density at radius 2 is 1.10 bits per heavy atom. The van der Waals surface area contributed by atoms with Crippen molar-refractivity contribution in [2.24, 2.45) is 0 Å². The molecule has 0 radical (unpaired) electrons. The Morgan fingerprint density at radius 3 is 1.73 bits per heavy atom. The quantitative estimate of drug-likeness (QED) is 0.225. The second-order valence-corrected chi connectivity index (χ2v) is 10.2. The first-order valence-electron chi connectivity index (χ1n) is 13.6. The molecule has 8 rings (SSSR count). The van der Waals surface area contributed by atoms with E-state index in [9.17, 15) is 0 Å². The van der Waals surface area contributed by atoms with Crippen molar-refractivity contribution in [1.82, 2.24) is 9.13 Å². The van der Waals surface area contributed by atoms with Crippen LogP contribution in [0.2, 0.25) is 0 Å². The van der Waals surface area contributed by atoms with Crippen LogP contribution in [0.4, 0.5) is 0 Å². The number of benzene rings is 5. The van der Waals surface area contributed by atoms with Gasteiger partial charge in [-0.15, -0.1) is 0 Å². The van der Waals surface area contributed by atoms with Gasteiger partial charge < -0.3 is 13.9 Å². The monoisotopic (exact) mass is 514 g/mol. The van der Waals surface area contributed by atoms with Crippen LogP contribution < -0.4 is 4.74 Å². The molecule has 0 N–H and O–H groups in total.